The van der Waals surface area contributed by atoms with Crippen molar-refractivity contribution in [3.05, 3.63) is 293 Å². The van der Waals surface area contributed by atoms with Gasteiger partial charge in [-0.2, -0.15) is 0 Å². The van der Waals surface area contributed by atoms with Gasteiger partial charge in [-0.15, -0.1) is 0 Å². The molecule has 10 aromatic carbocycles. The Morgan fingerprint density at radius 2 is 0.727 bits per heavy atom. The fourth-order valence-electron chi connectivity index (χ4n) is 11.5. The van der Waals surface area contributed by atoms with Gasteiger partial charge < -0.3 is 9.64 Å². The van der Waals surface area contributed by atoms with Gasteiger partial charge in [-0.3, -0.25) is 0 Å². The number of anilines is 3. The molecule has 0 unspecified atom stereocenters. The molecule has 1 aliphatic heterocycles. The van der Waals surface area contributed by atoms with E-state index in [-0.39, 0.29) is 0 Å². The monoisotopic (exact) mass is 861 g/mol. The van der Waals surface area contributed by atoms with Crippen molar-refractivity contribution in [3.8, 4) is 39.1 Å². The Hall–Kier alpha value is -7.85. The maximum atomic E-state index is 5.97. The van der Waals surface area contributed by atoms with Gasteiger partial charge in [-0.25, -0.2) is 0 Å². The van der Waals surface area contributed by atoms with E-state index >= 15 is 0 Å². The highest BCUT2D eigenvalue weighted by Crippen LogP contribution is 2.59. The predicted octanol–water partition coefficient (Wildman–Crippen LogP) is 16.0. The van der Waals surface area contributed by atoms with Crippen molar-refractivity contribution in [2.24, 2.45) is 0 Å². The zero-order valence-electron chi connectivity index (χ0n) is 36.1. The minimum atomic E-state index is -0.538. The minimum absolute atomic E-state index is 0.538. The van der Waals surface area contributed by atoms with Crippen LogP contribution in [0.25, 0.3) is 33.4 Å². The smallest absolute Gasteiger partial charge is 0.138 e. The van der Waals surface area contributed by atoms with E-state index in [1.165, 1.54) is 71.7 Å². The van der Waals surface area contributed by atoms with Gasteiger partial charge in [0.1, 0.15) is 11.7 Å². The molecule has 0 radical (unpaired) electrons. The lowest BCUT2D eigenvalue weighted by Gasteiger charge is -2.36. The van der Waals surface area contributed by atoms with E-state index in [2.05, 4.69) is 254 Å². The second-order valence-corrected chi connectivity index (χ2v) is 18.4. The summed E-state index contributed by atoms with van der Waals surface area (Å²) < 4.78 is 5.97. The van der Waals surface area contributed by atoms with Gasteiger partial charge >= 0.3 is 0 Å². The predicted molar refractivity (Wildman–Crippen MR) is 273 cm³/mol. The number of rotatable bonds is 8. The molecule has 0 saturated carbocycles. The van der Waals surface area contributed by atoms with Crippen LogP contribution in [-0.4, -0.2) is 5.94 Å². The molecule has 10 aromatic rings. The second kappa shape index (κ2) is 15.4. The van der Waals surface area contributed by atoms with Crippen LogP contribution < -0.4 is 9.64 Å². The molecule has 2 aliphatic carbocycles. The number of thioether (sulfide) groups is 1. The number of benzene rings is 10. The van der Waals surface area contributed by atoms with E-state index in [4.69, 9.17) is 4.74 Å². The maximum Gasteiger partial charge on any atom is 0.138 e. The first kappa shape index (κ1) is 38.6. The van der Waals surface area contributed by atoms with Crippen molar-refractivity contribution in [2.45, 2.75) is 15.7 Å². The molecule has 0 fully saturated rings. The van der Waals surface area contributed by atoms with Crippen molar-refractivity contribution in [2.75, 3.05) is 10.8 Å². The highest BCUT2D eigenvalue weighted by Gasteiger charge is 2.48. The van der Waals surface area contributed by atoms with E-state index in [1.54, 1.807) is 11.8 Å². The minimum Gasteiger partial charge on any atom is -0.481 e. The third-order valence-corrected chi connectivity index (χ3v) is 15.1. The molecule has 1 heterocycles. The van der Waals surface area contributed by atoms with Crippen molar-refractivity contribution in [1.82, 2.24) is 0 Å². The zero-order valence-corrected chi connectivity index (χ0v) is 37.0. The number of nitrogens with zero attached hydrogens (tertiary/aromatic N) is 1. The molecule has 13 rings (SSSR count). The summed E-state index contributed by atoms with van der Waals surface area (Å²) in [5.74, 6) is 1.62. The van der Waals surface area contributed by atoms with Gasteiger partial charge in [-0.1, -0.05) is 212 Å². The largest absolute Gasteiger partial charge is 0.481 e. The highest BCUT2D eigenvalue weighted by atomic mass is 32.2. The molecule has 66 heavy (non-hydrogen) atoms. The average Bonchev–Trinajstić information content (AvgIpc) is 4.08. The zero-order chi connectivity index (χ0) is 43.7. The molecule has 2 nitrogen and oxygen atoms in total. The van der Waals surface area contributed by atoms with Crippen molar-refractivity contribution < 1.29 is 4.74 Å². The Kier molecular flexibility index (Phi) is 9.01. The molecule has 0 spiro atoms. The van der Waals surface area contributed by atoms with Gasteiger partial charge in [0.15, 0.2) is 0 Å². The number of hydrogen-bond donors (Lipinski definition) is 0. The Balaban J connectivity index is 1.06. The topological polar surface area (TPSA) is 12.5 Å². The Morgan fingerprint density at radius 1 is 0.333 bits per heavy atom. The molecule has 0 N–H and O–H groups in total. The fraction of sp³-hybridized carbons (Fsp3) is 0.0476. The average molecular weight is 862 g/mol. The van der Waals surface area contributed by atoms with Crippen LogP contribution in [0.1, 0.15) is 44.5 Å². The molecule has 0 amide bonds. The quantitative estimate of drug-likeness (QED) is 0.151. The molecule has 3 heteroatoms. The first-order valence-corrected chi connectivity index (χ1v) is 23.7. The van der Waals surface area contributed by atoms with Crippen LogP contribution >= 0.6 is 11.8 Å². The van der Waals surface area contributed by atoms with E-state index in [0.29, 0.717) is 5.94 Å². The summed E-state index contributed by atoms with van der Waals surface area (Å²) in [5.41, 5.74) is 19.7. The molecular formula is C63H43NOS. The summed E-state index contributed by atoms with van der Waals surface area (Å²) in [7, 11) is 0. The van der Waals surface area contributed by atoms with Crippen molar-refractivity contribution in [1.29, 1.82) is 0 Å². The Bertz CT molecular complexity index is 3180. The lowest BCUT2D eigenvalue weighted by Crippen LogP contribution is -2.29. The molecule has 0 aromatic heterocycles. The van der Waals surface area contributed by atoms with E-state index in [1.807, 2.05) is 0 Å². The third-order valence-electron chi connectivity index (χ3n) is 14.2. The van der Waals surface area contributed by atoms with Crippen molar-refractivity contribution in [3.63, 3.8) is 0 Å². The SMILES string of the molecule is c1ccc(C2(c3ccccc3)c3ccccc3-c3ccc(N(c4ccc(-c5ccc6c(c5)OCS6)cc4)c4ccc5c(c4)C(c4ccccc4)(c4ccccc4)c4ccccc4-5)cc32)cc1. The van der Waals surface area contributed by atoms with Gasteiger partial charge in [0, 0.05) is 17.1 Å². The van der Waals surface area contributed by atoms with Crippen LogP contribution in [-0.2, 0) is 10.8 Å². The lowest BCUT2D eigenvalue weighted by molar-refractivity contribution is 0.398. The van der Waals surface area contributed by atoms with Gasteiger partial charge in [0.25, 0.3) is 0 Å². The maximum absolute atomic E-state index is 5.97. The molecule has 0 saturated heterocycles. The molecule has 0 atom stereocenters. The molecule has 0 bridgehead atoms. The number of fused-ring (bicyclic) bond motifs is 7. The van der Waals surface area contributed by atoms with Gasteiger partial charge in [0.2, 0.25) is 0 Å². The molecule has 3 aliphatic rings. The van der Waals surface area contributed by atoms with Gasteiger partial charge in [-0.05, 0) is 126 Å². The van der Waals surface area contributed by atoms with Crippen LogP contribution in [0.2, 0.25) is 0 Å². The first-order valence-electron chi connectivity index (χ1n) is 22.7. The second-order valence-electron chi connectivity index (χ2n) is 17.5. The molecule has 312 valence electrons. The lowest BCUT2D eigenvalue weighted by atomic mass is 9.67. The number of ether oxygens (including phenoxy) is 1. The summed E-state index contributed by atoms with van der Waals surface area (Å²) in [5, 5.41) is 0. The van der Waals surface area contributed by atoms with Gasteiger partial charge in [0.05, 0.1) is 15.7 Å². The van der Waals surface area contributed by atoms with E-state index in [9.17, 15) is 0 Å². The summed E-state index contributed by atoms with van der Waals surface area (Å²) in [4.78, 5) is 3.67. The fourth-order valence-corrected chi connectivity index (χ4v) is 12.2. The van der Waals surface area contributed by atoms with Crippen LogP contribution in [0.3, 0.4) is 0 Å². The van der Waals surface area contributed by atoms with E-state index in [0.717, 1.165) is 33.9 Å². The van der Waals surface area contributed by atoms with Crippen molar-refractivity contribution >= 4 is 28.8 Å². The van der Waals surface area contributed by atoms with Crippen LogP contribution in [0.5, 0.6) is 5.75 Å². The van der Waals surface area contributed by atoms with Crippen LogP contribution in [0.15, 0.2) is 254 Å². The summed E-state index contributed by atoms with van der Waals surface area (Å²) in [6.07, 6.45) is 0. The summed E-state index contributed by atoms with van der Waals surface area (Å²) >= 11 is 1.75. The molecular weight excluding hydrogens is 819 g/mol. The first-order chi connectivity index (χ1) is 32.7. The standard InChI is InChI=1S/C63H43NOS/c1-5-17-45(18-6-1)62(46-19-7-2-8-20-46)56-27-15-13-25-52(56)54-36-34-50(40-58(54)62)64(49-32-29-43(30-33-49)44-31-38-61-60(39-44)65-42-66-61)51-35-37-55-53-26-14-16-28-57(53)63(59(55)41-51,47-21-9-3-10-22-47)48-23-11-4-12-24-48/h1-41H,42H2. The van der Waals surface area contributed by atoms with Crippen LogP contribution in [0, 0.1) is 0 Å². The summed E-state index contributed by atoms with van der Waals surface area (Å²) in [6.45, 7) is 0. The summed E-state index contributed by atoms with van der Waals surface area (Å²) in [6, 6.07) is 92.3. The Morgan fingerprint density at radius 3 is 1.20 bits per heavy atom. The van der Waals surface area contributed by atoms with E-state index < -0.39 is 10.8 Å². The third kappa shape index (κ3) is 5.70. The highest BCUT2D eigenvalue weighted by molar-refractivity contribution is 7.99. The number of hydrogen-bond acceptors (Lipinski definition) is 3. The Labute approximate surface area is 390 Å². The van der Waals surface area contributed by atoms with Crippen LogP contribution in [0.4, 0.5) is 17.1 Å². The normalized spacial score (nSPS) is 14.3.